The average Bonchev–Trinajstić information content (AvgIpc) is 3.17. The van der Waals surface area contributed by atoms with Crippen molar-refractivity contribution in [3.05, 3.63) is 101 Å². The van der Waals surface area contributed by atoms with E-state index in [0.717, 1.165) is 22.3 Å². The maximum Gasteiger partial charge on any atom is 0.213 e. The molecule has 0 saturated heterocycles. The molecule has 2 aliphatic carbocycles. The number of benzene rings is 3. The first-order valence-electron chi connectivity index (χ1n) is 8.94. The van der Waals surface area contributed by atoms with E-state index in [1.165, 1.54) is 12.1 Å². The second-order valence-electron chi connectivity index (χ2n) is 7.09. The Balaban J connectivity index is 1.75. The summed E-state index contributed by atoms with van der Waals surface area (Å²) in [5.41, 5.74) is 2.08. The minimum atomic E-state index is -3.98. The molecule has 0 radical (unpaired) electrons. The predicted molar refractivity (Wildman–Crippen MR) is 106 cm³/mol. The average molecular weight is 388 g/mol. The van der Waals surface area contributed by atoms with Crippen molar-refractivity contribution in [1.82, 2.24) is 0 Å². The lowest BCUT2D eigenvalue weighted by Gasteiger charge is -2.25. The second kappa shape index (κ2) is 5.66. The lowest BCUT2D eigenvalue weighted by molar-refractivity contribution is -0.120. The molecule has 0 amide bonds. The molecule has 0 bridgehead atoms. The minimum absolute atomic E-state index is 0.0703. The molecule has 3 aromatic carbocycles. The number of hydrogen-bond donors (Lipinski definition) is 1. The second-order valence-corrected chi connectivity index (χ2v) is 9.06. The maximum atomic E-state index is 13.4. The van der Waals surface area contributed by atoms with Gasteiger partial charge in [-0.25, -0.2) is 8.42 Å². The fourth-order valence-corrected chi connectivity index (χ4v) is 6.01. The summed E-state index contributed by atoms with van der Waals surface area (Å²) in [6.45, 7) is 0. The molecule has 3 aromatic rings. The highest BCUT2D eigenvalue weighted by atomic mass is 32.2. The van der Waals surface area contributed by atoms with E-state index in [1.807, 2.05) is 48.5 Å². The largest absolute Gasteiger partial charge is 0.504 e. The lowest BCUT2D eigenvalue weighted by Crippen LogP contribution is -2.32. The molecule has 0 aromatic heterocycles. The first-order valence-corrected chi connectivity index (χ1v) is 10.4. The number of ketones is 1. The molecule has 0 heterocycles. The monoisotopic (exact) mass is 388 g/mol. The molecule has 0 unspecified atom stereocenters. The third-order valence-electron chi connectivity index (χ3n) is 5.73. The van der Waals surface area contributed by atoms with E-state index in [2.05, 4.69) is 0 Å². The summed E-state index contributed by atoms with van der Waals surface area (Å²) in [7, 11) is -3.98. The van der Waals surface area contributed by atoms with Crippen molar-refractivity contribution >= 4 is 15.6 Å². The summed E-state index contributed by atoms with van der Waals surface area (Å²) < 4.78 is 26.4. The number of sulfone groups is 1. The highest BCUT2D eigenvalue weighted by molar-refractivity contribution is 7.95. The lowest BCUT2D eigenvalue weighted by atomic mass is 9.75. The van der Waals surface area contributed by atoms with Crippen molar-refractivity contribution in [1.29, 1.82) is 0 Å². The summed E-state index contributed by atoms with van der Waals surface area (Å²) in [6, 6.07) is 22.9. The first-order chi connectivity index (χ1) is 13.5. The third-order valence-corrected chi connectivity index (χ3v) is 7.61. The number of fused-ring (bicyclic) bond motifs is 5. The number of aliphatic hydroxyl groups excluding tert-OH is 1. The number of allylic oxidation sites excluding steroid dienone is 2. The zero-order valence-corrected chi connectivity index (χ0v) is 15.6. The highest BCUT2D eigenvalue weighted by Gasteiger charge is 2.57. The summed E-state index contributed by atoms with van der Waals surface area (Å²) in [6.07, 6.45) is -0.0804. The van der Waals surface area contributed by atoms with Crippen LogP contribution in [0.15, 0.2) is 94.4 Å². The molecule has 28 heavy (non-hydrogen) atoms. The van der Waals surface area contributed by atoms with Gasteiger partial charge in [0, 0.05) is 6.42 Å². The van der Waals surface area contributed by atoms with Crippen molar-refractivity contribution in [3.63, 3.8) is 0 Å². The molecular weight excluding hydrogens is 372 g/mol. The zero-order valence-electron chi connectivity index (χ0n) is 14.8. The van der Waals surface area contributed by atoms with Crippen LogP contribution >= 0.6 is 0 Å². The zero-order chi connectivity index (χ0) is 19.5. The van der Waals surface area contributed by atoms with Gasteiger partial charge in [0.25, 0.3) is 0 Å². The highest BCUT2D eigenvalue weighted by Crippen LogP contribution is 2.57. The van der Waals surface area contributed by atoms with Gasteiger partial charge in [-0.15, -0.1) is 0 Å². The van der Waals surface area contributed by atoms with Crippen LogP contribution in [0.5, 0.6) is 0 Å². The Morgan fingerprint density at radius 1 is 0.750 bits per heavy atom. The number of aliphatic hydroxyl groups is 1. The van der Waals surface area contributed by atoms with Crippen molar-refractivity contribution in [3.8, 4) is 11.1 Å². The summed E-state index contributed by atoms with van der Waals surface area (Å²) in [5, 5.41) is 10.7. The summed E-state index contributed by atoms with van der Waals surface area (Å²) in [5.74, 6) is -1.21. The Bertz CT molecular complexity index is 1230. The van der Waals surface area contributed by atoms with Gasteiger partial charge in [-0.1, -0.05) is 66.7 Å². The summed E-state index contributed by atoms with van der Waals surface area (Å²) >= 11 is 0. The van der Waals surface area contributed by atoms with Crippen LogP contribution in [0.2, 0.25) is 0 Å². The van der Waals surface area contributed by atoms with Gasteiger partial charge in [0.15, 0.2) is 5.76 Å². The Morgan fingerprint density at radius 2 is 1.25 bits per heavy atom. The molecule has 0 fully saturated rings. The SMILES string of the molecule is O=C1C(O)=C(S(=O)(=O)c2ccccc2)CC12c1ccccc1-c1ccccc12. The van der Waals surface area contributed by atoms with Gasteiger partial charge < -0.3 is 5.11 Å². The van der Waals surface area contributed by atoms with Gasteiger partial charge in [0.1, 0.15) is 0 Å². The Morgan fingerprint density at radius 3 is 1.82 bits per heavy atom. The van der Waals surface area contributed by atoms with Crippen LogP contribution in [-0.2, 0) is 20.0 Å². The van der Waals surface area contributed by atoms with E-state index in [-0.39, 0.29) is 16.2 Å². The van der Waals surface area contributed by atoms with Crippen molar-refractivity contribution in [2.24, 2.45) is 0 Å². The molecule has 5 heteroatoms. The molecule has 2 aliphatic rings. The van der Waals surface area contributed by atoms with Crippen molar-refractivity contribution < 1.29 is 18.3 Å². The van der Waals surface area contributed by atoms with Crippen LogP contribution in [0.25, 0.3) is 11.1 Å². The fraction of sp³-hybridized carbons (Fsp3) is 0.0870. The van der Waals surface area contributed by atoms with Crippen LogP contribution in [0.4, 0.5) is 0 Å². The van der Waals surface area contributed by atoms with Crippen LogP contribution in [0.3, 0.4) is 0 Å². The van der Waals surface area contributed by atoms with Crippen LogP contribution < -0.4 is 0 Å². The van der Waals surface area contributed by atoms with E-state index in [4.69, 9.17) is 0 Å². The van der Waals surface area contributed by atoms with Crippen LogP contribution in [-0.4, -0.2) is 19.3 Å². The van der Waals surface area contributed by atoms with Gasteiger partial charge in [0.2, 0.25) is 15.6 Å². The molecule has 1 spiro atoms. The van der Waals surface area contributed by atoms with E-state index in [1.54, 1.807) is 18.2 Å². The Hall–Kier alpha value is -3.18. The smallest absolute Gasteiger partial charge is 0.213 e. The first kappa shape index (κ1) is 17.0. The quantitative estimate of drug-likeness (QED) is 0.715. The topological polar surface area (TPSA) is 71.4 Å². The normalized spacial score (nSPS) is 17.1. The van der Waals surface area contributed by atoms with Gasteiger partial charge in [-0.2, -0.15) is 0 Å². The van der Waals surface area contributed by atoms with E-state index >= 15 is 0 Å². The van der Waals surface area contributed by atoms with Crippen molar-refractivity contribution in [2.45, 2.75) is 16.7 Å². The van der Waals surface area contributed by atoms with Gasteiger partial charge in [-0.05, 0) is 34.4 Å². The standard InChI is InChI=1S/C23H16O4S/c24-21-20(28(26,27)15-8-2-1-3-9-15)14-23(22(21)25)18-12-6-4-10-16(18)17-11-5-7-13-19(17)23/h1-13,24H,14H2. The van der Waals surface area contributed by atoms with Crippen LogP contribution in [0, 0.1) is 0 Å². The predicted octanol–water partition coefficient (Wildman–Crippen LogP) is 4.17. The molecule has 0 aliphatic heterocycles. The van der Waals surface area contributed by atoms with Gasteiger partial charge in [-0.3, -0.25) is 4.79 Å². The van der Waals surface area contributed by atoms with Gasteiger partial charge >= 0.3 is 0 Å². The fourth-order valence-electron chi connectivity index (χ4n) is 4.46. The Labute approximate surface area is 162 Å². The number of Topliss-reactive ketones (excluding diaryl/α,β-unsaturated/α-hetero) is 1. The Kier molecular flexibility index (Phi) is 3.43. The van der Waals surface area contributed by atoms with E-state index < -0.39 is 26.8 Å². The van der Waals surface area contributed by atoms with Gasteiger partial charge in [0.05, 0.1) is 15.2 Å². The van der Waals surface area contributed by atoms with E-state index in [9.17, 15) is 18.3 Å². The number of rotatable bonds is 2. The molecule has 0 saturated carbocycles. The van der Waals surface area contributed by atoms with Crippen LogP contribution in [0.1, 0.15) is 17.5 Å². The molecule has 138 valence electrons. The summed E-state index contributed by atoms with van der Waals surface area (Å²) in [4.78, 5) is 13.2. The van der Waals surface area contributed by atoms with Crippen molar-refractivity contribution in [2.75, 3.05) is 0 Å². The minimum Gasteiger partial charge on any atom is -0.504 e. The molecule has 5 rings (SSSR count). The maximum absolute atomic E-state index is 13.4. The number of carbonyl (C=O) groups is 1. The number of hydrogen-bond acceptors (Lipinski definition) is 4. The third kappa shape index (κ3) is 1.99. The number of carbonyl (C=O) groups excluding carboxylic acids is 1. The molecule has 4 nitrogen and oxygen atoms in total. The molecular formula is C23H16O4S. The molecule has 1 N–H and O–H groups in total. The van der Waals surface area contributed by atoms with E-state index in [0.29, 0.717) is 0 Å². The molecule has 0 atom stereocenters.